The van der Waals surface area contributed by atoms with Gasteiger partial charge >= 0.3 is 57.4 Å². The van der Waals surface area contributed by atoms with E-state index in [0.717, 1.165) is 59.7 Å². The molecule has 2 aromatic rings. The van der Waals surface area contributed by atoms with Crippen molar-refractivity contribution in [3.05, 3.63) is 52.3 Å². The van der Waals surface area contributed by atoms with Gasteiger partial charge in [-0.25, -0.2) is 4.79 Å². The summed E-state index contributed by atoms with van der Waals surface area (Å²) in [6.07, 6.45) is 3.91. The van der Waals surface area contributed by atoms with Gasteiger partial charge < -0.3 is 25.0 Å². The Labute approximate surface area is 227 Å². The molecule has 1 fully saturated rings. The first-order chi connectivity index (χ1) is 14.5. The fourth-order valence-electron chi connectivity index (χ4n) is 4.61. The average Bonchev–Trinajstić information content (AvgIpc) is 2.75. The van der Waals surface area contributed by atoms with Gasteiger partial charge in [-0.1, -0.05) is 31.0 Å². The van der Waals surface area contributed by atoms with Crippen molar-refractivity contribution in [2.75, 3.05) is 19.5 Å². The van der Waals surface area contributed by atoms with E-state index in [2.05, 4.69) is 24.4 Å². The molecule has 1 aliphatic heterocycles. The number of benzene rings is 2. The van der Waals surface area contributed by atoms with E-state index in [1.807, 2.05) is 30.0 Å². The number of anilines is 1. The Morgan fingerprint density at radius 1 is 0.968 bits per heavy atom. The van der Waals surface area contributed by atoms with Crippen LogP contribution in [0.3, 0.4) is 0 Å². The number of hydrogen-bond donors (Lipinski definition) is 1. The number of nitrogens with zero attached hydrogens (tertiary/aromatic N) is 2. The maximum Gasteiger partial charge on any atom is 1.00 e. The van der Waals surface area contributed by atoms with Crippen molar-refractivity contribution in [1.82, 2.24) is 4.90 Å². The molecule has 160 valence electrons. The maximum absolute atomic E-state index is 12.8. The van der Waals surface area contributed by atoms with Crippen LogP contribution in [0.4, 0.5) is 16.2 Å². The van der Waals surface area contributed by atoms with E-state index >= 15 is 0 Å². The minimum absolute atomic E-state index is 0. The van der Waals surface area contributed by atoms with Gasteiger partial charge in [0, 0.05) is 11.6 Å². The molecule has 6 nitrogen and oxygen atoms in total. The van der Waals surface area contributed by atoms with Crippen molar-refractivity contribution in [3.63, 3.8) is 0 Å². The quantitative estimate of drug-likeness (QED) is 0.717. The molecule has 2 amide bonds. The van der Waals surface area contributed by atoms with E-state index in [1.165, 1.54) is 5.56 Å². The van der Waals surface area contributed by atoms with Crippen molar-refractivity contribution in [2.45, 2.75) is 58.2 Å². The standard InChI is InChI=1S/C24H30N3O3.K/c1-15-5-11-22(30-4)23-20(15)14-27(24(28)26-23)19-9-6-17(7-10-19)25-18-8-12-21(29-3)16(2)13-18;/h5,8,11-13,17,19H,6-7,9-10,14H2,1-4H3,(H,26,28);/q-1;+1. The van der Waals surface area contributed by atoms with E-state index < -0.39 is 0 Å². The van der Waals surface area contributed by atoms with Crippen LogP contribution in [0.1, 0.15) is 42.4 Å². The molecular weight excluding hydrogens is 417 g/mol. The molecule has 2 aliphatic rings. The Hall–Kier alpha value is -1.25. The number of amides is 2. The Morgan fingerprint density at radius 3 is 2.29 bits per heavy atom. The van der Waals surface area contributed by atoms with Gasteiger partial charge in [0.2, 0.25) is 0 Å². The number of nitrogens with one attached hydrogen (secondary N) is 1. The molecule has 0 aromatic heterocycles. The molecule has 4 rings (SSSR count). The minimum atomic E-state index is -0.0300. The Kier molecular flexibility index (Phi) is 8.32. The molecule has 0 saturated heterocycles. The first-order valence-corrected chi connectivity index (χ1v) is 10.6. The summed E-state index contributed by atoms with van der Waals surface area (Å²) in [6, 6.07) is 10.6. The van der Waals surface area contributed by atoms with Crippen molar-refractivity contribution in [2.24, 2.45) is 0 Å². The Balaban J connectivity index is 0.00000272. The van der Waals surface area contributed by atoms with Crippen LogP contribution in [0.2, 0.25) is 0 Å². The third kappa shape index (κ3) is 5.22. The van der Waals surface area contributed by atoms with Crippen molar-refractivity contribution >= 4 is 17.4 Å². The normalized spacial score (nSPS) is 20.3. The second-order valence-electron chi connectivity index (χ2n) is 8.24. The first kappa shape index (κ1) is 24.4. The molecule has 0 bridgehead atoms. The van der Waals surface area contributed by atoms with Crippen LogP contribution in [0.5, 0.6) is 11.5 Å². The summed E-state index contributed by atoms with van der Waals surface area (Å²) in [5.74, 6) is 1.61. The summed E-state index contributed by atoms with van der Waals surface area (Å²) in [6.45, 7) is 4.76. The maximum atomic E-state index is 12.8. The van der Waals surface area contributed by atoms with Crippen LogP contribution in [-0.4, -0.2) is 37.2 Å². The van der Waals surface area contributed by atoms with Gasteiger partial charge in [0.15, 0.2) is 0 Å². The molecule has 1 heterocycles. The van der Waals surface area contributed by atoms with Crippen LogP contribution in [0, 0.1) is 13.8 Å². The zero-order valence-electron chi connectivity index (χ0n) is 19.2. The molecule has 0 spiro atoms. The summed E-state index contributed by atoms with van der Waals surface area (Å²) >= 11 is 0. The van der Waals surface area contributed by atoms with Crippen LogP contribution < -0.4 is 66.2 Å². The number of fused-ring (bicyclic) bond motifs is 1. The largest absolute Gasteiger partial charge is 1.00 e. The number of methoxy groups -OCH3 is 2. The van der Waals surface area contributed by atoms with E-state index in [1.54, 1.807) is 14.2 Å². The van der Waals surface area contributed by atoms with E-state index in [4.69, 9.17) is 14.8 Å². The van der Waals surface area contributed by atoms with Crippen LogP contribution in [0.25, 0.3) is 5.32 Å². The third-order valence-electron chi connectivity index (χ3n) is 6.37. The molecule has 7 heteroatoms. The molecule has 1 N–H and O–H groups in total. The number of aryl methyl sites for hydroxylation is 2. The number of hydrogen-bond acceptors (Lipinski definition) is 3. The molecule has 1 saturated carbocycles. The zero-order chi connectivity index (χ0) is 21.3. The summed E-state index contributed by atoms with van der Waals surface area (Å²) in [5.41, 5.74) is 5.24. The number of carbonyl (C=O) groups is 1. The summed E-state index contributed by atoms with van der Waals surface area (Å²) < 4.78 is 10.8. The second-order valence-corrected chi connectivity index (χ2v) is 8.24. The molecule has 31 heavy (non-hydrogen) atoms. The van der Waals surface area contributed by atoms with Gasteiger partial charge in [-0.3, -0.25) is 0 Å². The fraction of sp³-hybridized carbons (Fsp3) is 0.458. The van der Waals surface area contributed by atoms with Gasteiger partial charge in [0.25, 0.3) is 0 Å². The van der Waals surface area contributed by atoms with Gasteiger partial charge in [-0.05, 0) is 49.9 Å². The third-order valence-corrected chi connectivity index (χ3v) is 6.37. The van der Waals surface area contributed by atoms with Crippen molar-refractivity contribution < 1.29 is 65.7 Å². The molecular formula is C24H30KN3O3. The summed E-state index contributed by atoms with van der Waals surface area (Å²) in [4.78, 5) is 14.8. The number of rotatable bonds is 5. The number of carbonyl (C=O) groups excluding carboxylic acids is 1. The topological polar surface area (TPSA) is 64.9 Å². The van der Waals surface area contributed by atoms with Gasteiger partial charge in [0.1, 0.15) is 11.5 Å². The summed E-state index contributed by atoms with van der Waals surface area (Å²) in [5, 5.41) is 8.00. The van der Waals surface area contributed by atoms with Gasteiger partial charge in [-0.2, -0.15) is 0 Å². The van der Waals surface area contributed by atoms with Gasteiger partial charge in [-0.15, -0.1) is 11.7 Å². The minimum Gasteiger partial charge on any atom is -0.682 e. The van der Waals surface area contributed by atoms with E-state index in [0.29, 0.717) is 12.6 Å². The van der Waals surface area contributed by atoms with Crippen molar-refractivity contribution in [1.29, 1.82) is 0 Å². The smallest absolute Gasteiger partial charge is 0.682 e. The van der Waals surface area contributed by atoms with Crippen LogP contribution >= 0.6 is 0 Å². The monoisotopic (exact) mass is 447 g/mol. The predicted octanol–water partition coefficient (Wildman–Crippen LogP) is 2.69. The van der Waals surface area contributed by atoms with E-state index in [-0.39, 0.29) is 63.5 Å². The predicted molar refractivity (Wildman–Crippen MR) is 119 cm³/mol. The first-order valence-electron chi connectivity index (χ1n) is 10.6. The molecule has 0 radical (unpaired) electrons. The molecule has 1 aliphatic carbocycles. The zero-order valence-corrected chi connectivity index (χ0v) is 22.3. The van der Waals surface area contributed by atoms with E-state index in [9.17, 15) is 4.79 Å². The van der Waals surface area contributed by atoms with Crippen LogP contribution in [0.15, 0.2) is 30.3 Å². The second kappa shape index (κ2) is 10.6. The molecule has 0 atom stereocenters. The Bertz CT molecular complexity index is 942. The SMILES string of the molecule is COc1ccc([N-]C2CCC(N3Cc4c(C)ccc(OC)c4NC3=O)CC2)cc1C.[K+]. The van der Waals surface area contributed by atoms with Crippen LogP contribution in [-0.2, 0) is 6.54 Å². The fourth-order valence-corrected chi connectivity index (χ4v) is 4.61. The number of ether oxygens (including phenoxy) is 2. The van der Waals surface area contributed by atoms with Gasteiger partial charge in [0.05, 0.1) is 26.5 Å². The molecule has 2 aromatic carbocycles. The number of urea groups is 1. The summed E-state index contributed by atoms with van der Waals surface area (Å²) in [7, 11) is 3.33. The Morgan fingerprint density at radius 2 is 1.65 bits per heavy atom. The van der Waals surface area contributed by atoms with Crippen molar-refractivity contribution in [3.8, 4) is 11.5 Å². The average molecular weight is 448 g/mol. The molecule has 0 unspecified atom stereocenters.